The normalized spacial score (nSPS) is 9.05. The summed E-state index contributed by atoms with van der Waals surface area (Å²) in [7, 11) is 5.45. The van der Waals surface area contributed by atoms with E-state index in [1.54, 1.807) is 14.2 Å². The van der Waals surface area contributed by atoms with Crippen molar-refractivity contribution in [1.29, 1.82) is 0 Å². The van der Waals surface area contributed by atoms with Crippen LogP contribution >= 0.6 is 0 Å². The number of nitrogens with zero attached hydrogens (tertiary/aromatic N) is 1. The summed E-state index contributed by atoms with van der Waals surface area (Å²) in [6.07, 6.45) is 1.03. The molecule has 0 spiro atoms. The summed E-state index contributed by atoms with van der Waals surface area (Å²) in [6.45, 7) is 12.3. The first-order chi connectivity index (χ1) is 9.71. The van der Waals surface area contributed by atoms with Gasteiger partial charge in [0.25, 0.3) is 0 Å². The Morgan fingerprint density at radius 2 is 1.50 bits per heavy atom. The molecule has 0 bridgehead atoms. The number of hydrogen-bond donors (Lipinski definition) is 0. The largest absolute Gasteiger partial charge is 0.493 e. The quantitative estimate of drug-likeness (QED) is 0.779. The van der Waals surface area contributed by atoms with Gasteiger partial charge in [0, 0.05) is 6.54 Å². The summed E-state index contributed by atoms with van der Waals surface area (Å²) in [4.78, 5) is 2.29. The molecule has 0 saturated heterocycles. The number of methoxy groups -OCH3 is 2. The van der Waals surface area contributed by atoms with E-state index in [4.69, 9.17) is 9.47 Å². The Kier molecular flexibility index (Phi) is 15.0. The maximum Gasteiger partial charge on any atom is 0.160 e. The lowest BCUT2D eigenvalue weighted by atomic mass is 10.1. The standard InChI is InChI=1S/C13H21NO2.2C2H6/c1-5-14(2)9-8-11-6-7-12(15-3)13(10-11)16-4;2*1-2/h6-7,10H,5,8-9H2,1-4H3;2*1-2H3. The summed E-state index contributed by atoms with van der Waals surface area (Å²) < 4.78 is 10.5. The molecule has 3 nitrogen and oxygen atoms in total. The van der Waals surface area contributed by atoms with Crippen LogP contribution < -0.4 is 9.47 Å². The van der Waals surface area contributed by atoms with Gasteiger partial charge in [-0.15, -0.1) is 0 Å². The lowest BCUT2D eigenvalue weighted by Crippen LogP contribution is -2.20. The predicted molar refractivity (Wildman–Crippen MR) is 89.1 cm³/mol. The van der Waals surface area contributed by atoms with Gasteiger partial charge in [0.2, 0.25) is 0 Å². The van der Waals surface area contributed by atoms with Crippen molar-refractivity contribution < 1.29 is 9.47 Å². The SMILES string of the molecule is CC.CC.CCN(C)CCc1ccc(OC)c(OC)c1. The van der Waals surface area contributed by atoms with E-state index in [1.165, 1.54) is 5.56 Å². The maximum atomic E-state index is 5.27. The van der Waals surface area contributed by atoms with Crippen LogP contribution in [0, 0.1) is 0 Å². The fraction of sp³-hybridized carbons (Fsp3) is 0.647. The predicted octanol–water partition coefficient (Wildman–Crippen LogP) is 4.25. The van der Waals surface area contributed by atoms with E-state index in [0.29, 0.717) is 0 Å². The molecule has 0 heterocycles. The minimum atomic E-state index is 0.787. The highest BCUT2D eigenvalue weighted by Crippen LogP contribution is 2.27. The van der Waals surface area contributed by atoms with Crippen LogP contribution in [0.5, 0.6) is 11.5 Å². The third-order valence-corrected chi connectivity index (χ3v) is 2.77. The molecule has 0 aliphatic rings. The zero-order valence-electron chi connectivity index (χ0n) is 14.6. The highest BCUT2D eigenvalue weighted by atomic mass is 16.5. The fourth-order valence-electron chi connectivity index (χ4n) is 1.51. The van der Waals surface area contributed by atoms with Gasteiger partial charge >= 0.3 is 0 Å². The van der Waals surface area contributed by atoms with Gasteiger partial charge in [-0.2, -0.15) is 0 Å². The zero-order valence-corrected chi connectivity index (χ0v) is 14.6. The van der Waals surface area contributed by atoms with E-state index in [9.17, 15) is 0 Å². The summed E-state index contributed by atoms with van der Waals surface area (Å²) in [5, 5.41) is 0. The van der Waals surface area contributed by atoms with E-state index in [1.807, 2.05) is 39.8 Å². The van der Waals surface area contributed by atoms with Crippen LogP contribution in [0.25, 0.3) is 0 Å². The molecule has 0 radical (unpaired) electrons. The van der Waals surface area contributed by atoms with Crippen molar-refractivity contribution in [2.45, 2.75) is 41.0 Å². The third kappa shape index (κ3) is 8.05. The number of rotatable bonds is 6. The van der Waals surface area contributed by atoms with Gasteiger partial charge in [0.05, 0.1) is 14.2 Å². The van der Waals surface area contributed by atoms with Crippen molar-refractivity contribution in [1.82, 2.24) is 4.90 Å². The molecule has 1 aromatic carbocycles. The van der Waals surface area contributed by atoms with E-state index >= 15 is 0 Å². The molecular weight excluding hydrogens is 250 g/mol. The monoisotopic (exact) mass is 283 g/mol. The molecule has 0 N–H and O–H groups in total. The van der Waals surface area contributed by atoms with Gasteiger partial charge in [-0.25, -0.2) is 0 Å². The van der Waals surface area contributed by atoms with Gasteiger partial charge in [-0.1, -0.05) is 40.7 Å². The number of hydrogen-bond acceptors (Lipinski definition) is 3. The summed E-state index contributed by atoms with van der Waals surface area (Å²) >= 11 is 0. The Morgan fingerprint density at radius 1 is 0.950 bits per heavy atom. The Balaban J connectivity index is 0. The third-order valence-electron chi connectivity index (χ3n) is 2.77. The molecule has 3 heteroatoms. The minimum Gasteiger partial charge on any atom is -0.493 e. The molecule has 0 atom stereocenters. The van der Waals surface area contributed by atoms with Crippen molar-refractivity contribution >= 4 is 0 Å². The highest BCUT2D eigenvalue weighted by molar-refractivity contribution is 5.42. The second kappa shape index (κ2) is 14.2. The average molecular weight is 283 g/mol. The van der Waals surface area contributed by atoms with Crippen molar-refractivity contribution in [3.05, 3.63) is 23.8 Å². The first-order valence-corrected chi connectivity index (χ1v) is 7.60. The van der Waals surface area contributed by atoms with E-state index < -0.39 is 0 Å². The lowest BCUT2D eigenvalue weighted by molar-refractivity contribution is 0.350. The zero-order chi connectivity index (χ0) is 16.0. The number of ether oxygens (including phenoxy) is 2. The van der Waals surface area contributed by atoms with Crippen LogP contribution in [-0.4, -0.2) is 39.3 Å². The van der Waals surface area contributed by atoms with Crippen LogP contribution in [-0.2, 0) is 6.42 Å². The lowest BCUT2D eigenvalue weighted by Gasteiger charge is -2.14. The first-order valence-electron chi connectivity index (χ1n) is 7.60. The topological polar surface area (TPSA) is 21.7 Å². The maximum absolute atomic E-state index is 5.27. The second-order valence-electron chi connectivity index (χ2n) is 3.84. The molecular formula is C17H33NO2. The van der Waals surface area contributed by atoms with Crippen LogP contribution in [0.1, 0.15) is 40.2 Å². The molecule has 1 rings (SSSR count). The summed E-state index contributed by atoms with van der Waals surface area (Å²) in [6, 6.07) is 6.09. The van der Waals surface area contributed by atoms with Crippen LogP contribution in [0.2, 0.25) is 0 Å². The molecule has 1 aromatic rings. The Labute approximate surface area is 125 Å². The van der Waals surface area contributed by atoms with Crippen molar-refractivity contribution in [2.24, 2.45) is 0 Å². The minimum absolute atomic E-state index is 0.787. The van der Waals surface area contributed by atoms with Crippen LogP contribution in [0.3, 0.4) is 0 Å². The van der Waals surface area contributed by atoms with Crippen molar-refractivity contribution in [3.8, 4) is 11.5 Å². The Hall–Kier alpha value is -1.22. The molecule has 0 fully saturated rings. The first kappa shape index (κ1) is 21.1. The fourth-order valence-corrected chi connectivity index (χ4v) is 1.51. The van der Waals surface area contributed by atoms with Gasteiger partial charge in [-0.05, 0) is 37.7 Å². The molecule has 20 heavy (non-hydrogen) atoms. The highest BCUT2D eigenvalue weighted by Gasteiger charge is 2.04. The van der Waals surface area contributed by atoms with Crippen molar-refractivity contribution in [2.75, 3.05) is 34.4 Å². The molecule has 118 valence electrons. The second-order valence-corrected chi connectivity index (χ2v) is 3.84. The van der Waals surface area contributed by atoms with E-state index in [-0.39, 0.29) is 0 Å². The van der Waals surface area contributed by atoms with Gasteiger partial charge < -0.3 is 14.4 Å². The van der Waals surface area contributed by atoms with Gasteiger partial charge in [0.1, 0.15) is 0 Å². The molecule has 0 aromatic heterocycles. The van der Waals surface area contributed by atoms with Crippen molar-refractivity contribution in [3.63, 3.8) is 0 Å². The smallest absolute Gasteiger partial charge is 0.160 e. The Bertz CT molecular complexity index is 327. The van der Waals surface area contributed by atoms with Crippen LogP contribution in [0.4, 0.5) is 0 Å². The number of likely N-dealkylation sites (N-methyl/N-ethyl adjacent to an activating group) is 1. The molecule has 0 unspecified atom stereocenters. The summed E-state index contributed by atoms with van der Waals surface area (Å²) in [5.74, 6) is 1.59. The number of benzene rings is 1. The Morgan fingerprint density at radius 3 is 1.95 bits per heavy atom. The molecule has 0 saturated carbocycles. The van der Waals surface area contributed by atoms with Crippen LogP contribution in [0.15, 0.2) is 18.2 Å². The van der Waals surface area contributed by atoms with Gasteiger partial charge in [-0.3, -0.25) is 0 Å². The molecule has 0 amide bonds. The summed E-state index contributed by atoms with van der Waals surface area (Å²) in [5.41, 5.74) is 1.28. The molecule has 0 aliphatic carbocycles. The average Bonchev–Trinajstić information content (AvgIpc) is 2.55. The molecule has 0 aliphatic heterocycles. The van der Waals surface area contributed by atoms with E-state index in [2.05, 4.69) is 24.9 Å². The van der Waals surface area contributed by atoms with Gasteiger partial charge in [0.15, 0.2) is 11.5 Å². The van der Waals surface area contributed by atoms with E-state index in [0.717, 1.165) is 31.0 Å².